The summed E-state index contributed by atoms with van der Waals surface area (Å²) in [5.41, 5.74) is 15.0. The lowest BCUT2D eigenvalue weighted by atomic mass is 9.89. The van der Waals surface area contributed by atoms with Crippen LogP contribution in [0.1, 0.15) is 171 Å². The van der Waals surface area contributed by atoms with E-state index in [-0.39, 0.29) is 134 Å². The number of ketones is 3. The van der Waals surface area contributed by atoms with Crippen molar-refractivity contribution in [1.82, 2.24) is 36.4 Å². The maximum Gasteiger partial charge on any atom is 0.416 e. The van der Waals surface area contributed by atoms with Crippen molar-refractivity contribution < 1.29 is 71.9 Å². The molecule has 8 aliphatic rings. The number of aryl methyl sites for hydroxylation is 1. The monoisotopic (exact) mass is 1410 g/mol. The Balaban J connectivity index is 0.555. The highest BCUT2D eigenvalue weighted by atomic mass is 16.6. The third kappa shape index (κ3) is 15.5. The van der Waals surface area contributed by atoms with E-state index in [0.29, 0.717) is 71.7 Å². The van der Waals surface area contributed by atoms with E-state index >= 15 is 0 Å². The molecule has 2 aliphatic carbocycles. The molecule has 5 N–H and O–H groups in total. The van der Waals surface area contributed by atoms with Crippen molar-refractivity contribution in [3.8, 4) is 23.0 Å². The van der Waals surface area contributed by atoms with Gasteiger partial charge in [-0.25, -0.2) is 9.69 Å². The first kappa shape index (κ1) is 71.6. The van der Waals surface area contributed by atoms with E-state index in [0.717, 1.165) is 83.6 Å². The van der Waals surface area contributed by atoms with Gasteiger partial charge in [0, 0.05) is 93.4 Å². The standard InChI is InChI=1S/C79H93N9O15/c1-47(2)58(36-55(90)42-80-69(92)26-24-54(89)25-27-70(93)85-43-52-14-8-9-15-56(52)72-71(82-83-84(72)4)57-16-10-11-17-61(57)85)73(94)81-48(3)64(91)34-49-18-20-50(21-19-49)44-103-77(98)88-62-39-68(66(100-6)38-60(62)75(96)87-46-79(30-31-79)41-63(87)76(88)97)102-33-13-7-12-32-101-67-35-51-22-23-53-40-78(28-29-78)45-86(53)74(95)59(51)37-65(67)99-5/h8-11,14-21,35,37-39,47-48,53,58,63,76,82-83,97H,7,12-13,22-34,36,40-46H2,1-6H3,(H,80,92)(H,81,94)/t48-,53+,58-,63-,76?/m0/s1. The van der Waals surface area contributed by atoms with Crippen LogP contribution >= 0.6 is 0 Å². The summed E-state index contributed by atoms with van der Waals surface area (Å²) < 4.78 is 30.0. The van der Waals surface area contributed by atoms with E-state index in [1.807, 2.05) is 72.7 Å². The number of unbranched alkanes of at least 4 members (excludes halogenated alkanes) is 2. The molecule has 6 heterocycles. The van der Waals surface area contributed by atoms with Crippen LogP contribution in [0.5, 0.6) is 23.0 Å². The number of rotatable bonds is 28. The van der Waals surface area contributed by atoms with E-state index < -0.39 is 47.9 Å². The molecule has 103 heavy (non-hydrogen) atoms. The summed E-state index contributed by atoms with van der Waals surface area (Å²) in [6.45, 7) is 6.85. The molecule has 6 aliphatic heterocycles. The summed E-state index contributed by atoms with van der Waals surface area (Å²) in [5.74, 6) is -1.88. The number of nitrogens with one attached hydrogen (secondary N) is 4. The van der Waals surface area contributed by atoms with Gasteiger partial charge in [0.1, 0.15) is 12.4 Å². The number of hydrazine groups is 2. The number of benzene rings is 5. The Morgan fingerprint density at radius 3 is 2.02 bits per heavy atom. The number of amides is 6. The molecule has 5 aromatic rings. The topological polar surface area (TPSA) is 284 Å². The lowest BCUT2D eigenvalue weighted by Gasteiger charge is -2.31. The molecule has 544 valence electrons. The smallest absolute Gasteiger partial charge is 0.416 e. The first-order valence-electron chi connectivity index (χ1n) is 36.3. The summed E-state index contributed by atoms with van der Waals surface area (Å²) in [6.07, 6.45) is 6.64. The third-order valence-corrected chi connectivity index (χ3v) is 22.1. The minimum Gasteiger partial charge on any atom is -0.493 e. The fraction of sp³-hybridized carbons (Fsp3) is 0.481. The van der Waals surface area contributed by atoms with Gasteiger partial charge >= 0.3 is 6.09 Å². The highest BCUT2D eigenvalue weighted by molar-refractivity contribution is 6.07. The lowest BCUT2D eigenvalue weighted by Crippen LogP contribution is -2.50. The number of nitrogens with zero attached hydrogens (tertiary/aromatic N) is 5. The molecule has 2 saturated heterocycles. The summed E-state index contributed by atoms with van der Waals surface area (Å²) in [7, 11) is 4.98. The van der Waals surface area contributed by atoms with Crippen LogP contribution in [0.3, 0.4) is 0 Å². The number of para-hydroxylation sites is 1. The Morgan fingerprint density at radius 1 is 0.670 bits per heavy atom. The number of carbonyl (C=O) groups excluding carboxylic acids is 9. The van der Waals surface area contributed by atoms with Crippen molar-refractivity contribution >= 4 is 75.7 Å². The zero-order valence-electron chi connectivity index (χ0n) is 59.6. The van der Waals surface area contributed by atoms with Crippen LogP contribution in [0.15, 0.2) is 97.1 Å². The van der Waals surface area contributed by atoms with Crippen LogP contribution < -0.4 is 50.3 Å². The molecule has 6 amide bonds. The second-order valence-electron chi connectivity index (χ2n) is 29.6. The van der Waals surface area contributed by atoms with Gasteiger partial charge in [-0.1, -0.05) is 80.6 Å². The van der Waals surface area contributed by atoms with Crippen LogP contribution in [-0.4, -0.2) is 151 Å². The highest BCUT2D eigenvalue weighted by Crippen LogP contribution is 2.58. The van der Waals surface area contributed by atoms with Crippen LogP contribution in [0.4, 0.5) is 16.2 Å². The zero-order valence-corrected chi connectivity index (χ0v) is 59.6. The van der Waals surface area contributed by atoms with E-state index in [1.165, 1.54) is 20.0 Å². The maximum absolute atomic E-state index is 14.5. The van der Waals surface area contributed by atoms with E-state index in [4.69, 9.17) is 23.7 Å². The van der Waals surface area contributed by atoms with Gasteiger partial charge in [-0.2, -0.15) is 0 Å². The van der Waals surface area contributed by atoms with Crippen LogP contribution in [-0.2, 0) is 59.5 Å². The minimum absolute atomic E-state index is 0.0462. The van der Waals surface area contributed by atoms with Crippen LogP contribution in [0, 0.1) is 22.7 Å². The van der Waals surface area contributed by atoms with Crippen molar-refractivity contribution in [2.45, 2.75) is 167 Å². The van der Waals surface area contributed by atoms with Crippen molar-refractivity contribution in [2.75, 3.05) is 63.9 Å². The van der Waals surface area contributed by atoms with E-state index in [9.17, 15) is 48.3 Å². The number of Topliss-reactive ketones (excluding diaryl/α,β-unsaturated/α-hetero) is 3. The van der Waals surface area contributed by atoms with Gasteiger partial charge in [-0.05, 0) is 141 Å². The van der Waals surface area contributed by atoms with Crippen molar-refractivity contribution in [3.05, 3.63) is 142 Å². The molecule has 2 saturated carbocycles. The first-order chi connectivity index (χ1) is 49.6. The molecular formula is C79H93N9O15. The van der Waals surface area contributed by atoms with Gasteiger partial charge in [0.05, 0.1) is 80.9 Å². The van der Waals surface area contributed by atoms with E-state index in [2.05, 4.69) is 26.5 Å². The third-order valence-electron chi connectivity index (χ3n) is 22.1. The Morgan fingerprint density at radius 2 is 1.31 bits per heavy atom. The molecule has 13 rings (SSSR count). The number of carbonyl (C=O) groups is 9. The average Bonchev–Trinajstić information content (AvgIpc) is 1.59. The van der Waals surface area contributed by atoms with Crippen LogP contribution in [0.2, 0.25) is 0 Å². The molecule has 0 aromatic heterocycles. The van der Waals surface area contributed by atoms with Gasteiger partial charge < -0.3 is 59.5 Å². The molecular weight excluding hydrogens is 1310 g/mol. The number of ether oxygens (including phenoxy) is 5. The number of fused-ring (bicyclic) bond motifs is 8. The Bertz CT molecular complexity index is 4180. The summed E-state index contributed by atoms with van der Waals surface area (Å²) in [4.78, 5) is 130. The fourth-order valence-electron chi connectivity index (χ4n) is 15.6. The number of aliphatic hydroxyl groups excluding tert-OH is 1. The molecule has 0 bridgehead atoms. The number of methoxy groups -OCH3 is 2. The highest BCUT2D eigenvalue weighted by Gasteiger charge is 2.58. The number of hydrogen-bond donors (Lipinski definition) is 5. The second kappa shape index (κ2) is 30.3. The quantitative estimate of drug-likeness (QED) is 0.0292. The molecule has 5 aromatic carbocycles. The zero-order chi connectivity index (χ0) is 72.4. The van der Waals surface area contributed by atoms with Crippen molar-refractivity contribution in [3.63, 3.8) is 0 Å². The van der Waals surface area contributed by atoms with Gasteiger partial charge in [0.25, 0.3) is 11.8 Å². The number of anilines is 2. The SMILES string of the molecule is COc1cc2c(cc1OCCCCCOc1cc3c(cc1OC)C(=O)N1CC4(CC4)C[C@H]1C(O)N3C(=O)OCc1ccc(CC(=O)[C@H](C)NC(=O)[C@@H](CC(=O)CNC(=O)CCC(=O)CCC(=O)N3Cc4ccccc4C4=C(NNN4C)c4ccccc43)C(C)C)cc1)CC[C@@H]1CC3(CC3)CN1C2=O. The van der Waals surface area contributed by atoms with Gasteiger partial charge in [-0.15, -0.1) is 5.53 Å². The molecule has 1 unspecified atom stereocenters. The molecule has 24 heteroatoms. The number of aliphatic hydroxyl groups is 1. The summed E-state index contributed by atoms with van der Waals surface area (Å²) >= 11 is 0. The maximum atomic E-state index is 14.5. The van der Waals surface area contributed by atoms with Crippen molar-refractivity contribution in [1.29, 1.82) is 0 Å². The lowest BCUT2D eigenvalue weighted by molar-refractivity contribution is -0.133. The first-order valence-corrected chi connectivity index (χ1v) is 36.3. The molecule has 4 fully saturated rings. The Kier molecular flexibility index (Phi) is 21.0. The molecule has 2 spiro atoms. The molecule has 0 radical (unpaired) electrons. The van der Waals surface area contributed by atoms with Crippen LogP contribution in [0.25, 0.3) is 11.4 Å². The van der Waals surface area contributed by atoms with Crippen molar-refractivity contribution in [2.24, 2.45) is 22.7 Å². The fourth-order valence-corrected chi connectivity index (χ4v) is 15.6. The summed E-state index contributed by atoms with van der Waals surface area (Å²) in [5, 5.41) is 19.4. The van der Waals surface area contributed by atoms with Gasteiger partial charge in [0.15, 0.2) is 40.8 Å². The predicted molar refractivity (Wildman–Crippen MR) is 382 cm³/mol. The van der Waals surface area contributed by atoms with E-state index in [1.54, 1.807) is 74.1 Å². The molecule has 24 nitrogen and oxygen atoms in total. The number of hydrogen-bond acceptors (Lipinski definition) is 18. The Hall–Kier alpha value is -9.81. The average molecular weight is 1410 g/mol. The Labute approximate surface area is 600 Å². The predicted octanol–water partition coefficient (Wildman–Crippen LogP) is 9.16. The second-order valence-corrected chi connectivity index (χ2v) is 29.6. The normalized spacial score (nSPS) is 19.8. The van der Waals surface area contributed by atoms with Gasteiger partial charge in [-0.3, -0.25) is 43.4 Å². The summed E-state index contributed by atoms with van der Waals surface area (Å²) in [6, 6.07) is 27.9. The van der Waals surface area contributed by atoms with Gasteiger partial charge in [0.2, 0.25) is 17.7 Å². The molecule has 5 atom stereocenters. The minimum atomic E-state index is -1.45. The largest absolute Gasteiger partial charge is 0.493 e.